The first-order valence-corrected chi connectivity index (χ1v) is 5.20. The molecule has 1 unspecified atom stereocenters. The second-order valence-corrected chi connectivity index (χ2v) is 4.17. The fraction of sp³-hybridized carbons (Fsp3) is 0.500. The van der Waals surface area contributed by atoms with Crippen LogP contribution in [0.3, 0.4) is 0 Å². The standard InChI is InChI=1S/C12H17NO2/c1-9(2)11(7-12(14)15)6-10-4-3-5-13-8-10/h3-5,8-9,11H,6-7H2,1-2H3,(H,14,15). The van der Waals surface area contributed by atoms with Gasteiger partial charge in [-0.3, -0.25) is 9.78 Å². The molecule has 15 heavy (non-hydrogen) atoms. The molecular weight excluding hydrogens is 190 g/mol. The molecule has 0 saturated carbocycles. The number of rotatable bonds is 5. The van der Waals surface area contributed by atoms with Crippen molar-refractivity contribution in [2.75, 3.05) is 0 Å². The van der Waals surface area contributed by atoms with Crippen LogP contribution in [0, 0.1) is 11.8 Å². The molecule has 82 valence electrons. The van der Waals surface area contributed by atoms with Crippen molar-refractivity contribution in [2.45, 2.75) is 26.7 Å². The Labute approximate surface area is 90.2 Å². The third kappa shape index (κ3) is 4.11. The Balaban J connectivity index is 2.63. The summed E-state index contributed by atoms with van der Waals surface area (Å²) in [6, 6.07) is 3.87. The van der Waals surface area contributed by atoms with Gasteiger partial charge >= 0.3 is 5.97 Å². The molecule has 0 aromatic carbocycles. The van der Waals surface area contributed by atoms with Crippen molar-refractivity contribution in [1.82, 2.24) is 4.98 Å². The van der Waals surface area contributed by atoms with Gasteiger partial charge in [-0.15, -0.1) is 0 Å². The molecule has 1 atom stereocenters. The first-order valence-electron chi connectivity index (χ1n) is 5.20. The molecule has 0 bridgehead atoms. The molecule has 1 rings (SSSR count). The summed E-state index contributed by atoms with van der Waals surface area (Å²) in [7, 11) is 0. The second-order valence-electron chi connectivity index (χ2n) is 4.17. The zero-order valence-electron chi connectivity index (χ0n) is 9.18. The fourth-order valence-electron chi connectivity index (χ4n) is 1.59. The average Bonchev–Trinajstić information content (AvgIpc) is 2.17. The molecule has 0 aliphatic carbocycles. The molecule has 3 heteroatoms. The van der Waals surface area contributed by atoms with Crippen molar-refractivity contribution in [1.29, 1.82) is 0 Å². The summed E-state index contributed by atoms with van der Waals surface area (Å²) in [5.41, 5.74) is 1.11. The van der Waals surface area contributed by atoms with Gasteiger partial charge < -0.3 is 5.11 Å². The van der Waals surface area contributed by atoms with Crippen LogP contribution in [-0.4, -0.2) is 16.1 Å². The molecule has 1 aromatic heterocycles. The second kappa shape index (κ2) is 5.49. The maximum Gasteiger partial charge on any atom is 0.303 e. The number of aromatic nitrogens is 1. The van der Waals surface area contributed by atoms with Gasteiger partial charge in [0.1, 0.15) is 0 Å². The van der Waals surface area contributed by atoms with E-state index >= 15 is 0 Å². The summed E-state index contributed by atoms with van der Waals surface area (Å²) in [6.07, 6.45) is 4.55. The van der Waals surface area contributed by atoms with Gasteiger partial charge in [-0.25, -0.2) is 0 Å². The molecule has 0 radical (unpaired) electrons. The number of hydrogen-bond acceptors (Lipinski definition) is 2. The Morgan fingerprint density at radius 2 is 2.27 bits per heavy atom. The minimum absolute atomic E-state index is 0.187. The van der Waals surface area contributed by atoms with E-state index < -0.39 is 5.97 Å². The highest BCUT2D eigenvalue weighted by molar-refractivity contribution is 5.67. The highest BCUT2D eigenvalue weighted by Crippen LogP contribution is 2.20. The van der Waals surface area contributed by atoms with E-state index in [0.717, 1.165) is 12.0 Å². The third-order valence-electron chi connectivity index (χ3n) is 2.60. The summed E-state index contributed by atoms with van der Waals surface area (Å²) < 4.78 is 0. The van der Waals surface area contributed by atoms with E-state index in [-0.39, 0.29) is 12.3 Å². The predicted molar refractivity (Wildman–Crippen MR) is 58.5 cm³/mol. The highest BCUT2D eigenvalue weighted by atomic mass is 16.4. The smallest absolute Gasteiger partial charge is 0.303 e. The van der Waals surface area contributed by atoms with Crippen molar-refractivity contribution >= 4 is 5.97 Å². The topological polar surface area (TPSA) is 50.2 Å². The Morgan fingerprint density at radius 3 is 2.73 bits per heavy atom. The third-order valence-corrected chi connectivity index (χ3v) is 2.60. The maximum atomic E-state index is 10.7. The lowest BCUT2D eigenvalue weighted by Crippen LogP contribution is -2.16. The summed E-state index contributed by atoms with van der Waals surface area (Å²) in [6.45, 7) is 4.12. The van der Waals surface area contributed by atoms with Crippen molar-refractivity contribution in [3.63, 3.8) is 0 Å². The van der Waals surface area contributed by atoms with Gasteiger partial charge in [-0.1, -0.05) is 19.9 Å². The lowest BCUT2D eigenvalue weighted by atomic mass is 9.87. The van der Waals surface area contributed by atoms with Crippen LogP contribution in [-0.2, 0) is 11.2 Å². The lowest BCUT2D eigenvalue weighted by Gasteiger charge is -2.18. The quantitative estimate of drug-likeness (QED) is 0.806. The van der Waals surface area contributed by atoms with Gasteiger partial charge in [0.25, 0.3) is 0 Å². The summed E-state index contributed by atoms with van der Waals surface area (Å²) in [5.74, 6) is -0.161. The van der Waals surface area contributed by atoms with Crippen LogP contribution in [0.15, 0.2) is 24.5 Å². The van der Waals surface area contributed by atoms with Crippen LogP contribution in [0.1, 0.15) is 25.8 Å². The van der Waals surface area contributed by atoms with E-state index in [1.807, 2.05) is 12.1 Å². The van der Waals surface area contributed by atoms with Crippen molar-refractivity contribution in [3.8, 4) is 0 Å². The van der Waals surface area contributed by atoms with Crippen LogP contribution in [0.4, 0.5) is 0 Å². The Morgan fingerprint density at radius 1 is 1.53 bits per heavy atom. The maximum absolute atomic E-state index is 10.7. The van der Waals surface area contributed by atoms with Crippen LogP contribution in [0.5, 0.6) is 0 Å². The first-order chi connectivity index (χ1) is 7.09. The highest BCUT2D eigenvalue weighted by Gasteiger charge is 2.17. The van der Waals surface area contributed by atoms with E-state index in [2.05, 4.69) is 18.8 Å². The van der Waals surface area contributed by atoms with Gasteiger partial charge in [0, 0.05) is 18.8 Å². The largest absolute Gasteiger partial charge is 0.481 e. The van der Waals surface area contributed by atoms with Crippen molar-refractivity contribution in [3.05, 3.63) is 30.1 Å². The number of aliphatic carboxylic acids is 1. The van der Waals surface area contributed by atoms with E-state index in [1.165, 1.54) is 0 Å². The molecule has 1 N–H and O–H groups in total. The molecule has 0 aliphatic heterocycles. The molecule has 1 aromatic rings. The number of carboxylic acid groups (broad SMARTS) is 1. The van der Waals surface area contributed by atoms with Crippen LogP contribution in [0.2, 0.25) is 0 Å². The van der Waals surface area contributed by atoms with E-state index in [0.29, 0.717) is 5.92 Å². The Kier molecular flexibility index (Phi) is 4.28. The monoisotopic (exact) mass is 207 g/mol. The average molecular weight is 207 g/mol. The van der Waals surface area contributed by atoms with E-state index in [9.17, 15) is 4.79 Å². The number of nitrogens with zero attached hydrogens (tertiary/aromatic N) is 1. The molecule has 0 spiro atoms. The van der Waals surface area contributed by atoms with Crippen LogP contribution >= 0.6 is 0 Å². The fourth-order valence-corrected chi connectivity index (χ4v) is 1.59. The number of pyridine rings is 1. The lowest BCUT2D eigenvalue weighted by molar-refractivity contribution is -0.138. The normalized spacial score (nSPS) is 12.7. The van der Waals surface area contributed by atoms with E-state index in [4.69, 9.17) is 5.11 Å². The molecular formula is C12H17NO2. The Bertz CT molecular complexity index is 309. The SMILES string of the molecule is CC(C)C(CC(=O)O)Cc1cccnc1. The summed E-state index contributed by atoms with van der Waals surface area (Å²) in [5, 5.41) is 8.80. The molecule has 0 fully saturated rings. The van der Waals surface area contributed by atoms with Gasteiger partial charge in [0.2, 0.25) is 0 Å². The van der Waals surface area contributed by atoms with Gasteiger partial charge in [0.05, 0.1) is 0 Å². The predicted octanol–water partition coefficient (Wildman–Crippen LogP) is 2.37. The summed E-state index contributed by atoms with van der Waals surface area (Å²) >= 11 is 0. The number of hydrogen-bond donors (Lipinski definition) is 1. The molecule has 0 amide bonds. The van der Waals surface area contributed by atoms with Gasteiger partial charge in [-0.05, 0) is 29.9 Å². The van der Waals surface area contributed by atoms with Crippen LogP contribution < -0.4 is 0 Å². The zero-order chi connectivity index (χ0) is 11.3. The summed E-state index contributed by atoms with van der Waals surface area (Å²) in [4.78, 5) is 14.7. The van der Waals surface area contributed by atoms with Gasteiger partial charge in [-0.2, -0.15) is 0 Å². The molecule has 0 aliphatic rings. The Hall–Kier alpha value is -1.38. The molecule has 3 nitrogen and oxygen atoms in total. The first kappa shape index (κ1) is 11.7. The van der Waals surface area contributed by atoms with Crippen molar-refractivity contribution in [2.24, 2.45) is 11.8 Å². The number of carboxylic acids is 1. The zero-order valence-corrected chi connectivity index (χ0v) is 9.18. The molecule has 0 saturated heterocycles. The van der Waals surface area contributed by atoms with Crippen molar-refractivity contribution < 1.29 is 9.90 Å². The molecule has 1 heterocycles. The minimum atomic E-state index is -0.724. The minimum Gasteiger partial charge on any atom is -0.481 e. The van der Waals surface area contributed by atoms with Crippen LogP contribution in [0.25, 0.3) is 0 Å². The number of carbonyl (C=O) groups is 1. The van der Waals surface area contributed by atoms with Gasteiger partial charge in [0.15, 0.2) is 0 Å². The van der Waals surface area contributed by atoms with E-state index in [1.54, 1.807) is 12.4 Å².